The third-order valence-corrected chi connectivity index (χ3v) is 4.34. The fourth-order valence-corrected chi connectivity index (χ4v) is 3.28. The summed E-state index contributed by atoms with van der Waals surface area (Å²) >= 11 is 0. The molecule has 0 radical (unpaired) electrons. The van der Waals surface area contributed by atoms with Gasteiger partial charge in [-0.25, -0.2) is 0 Å². The van der Waals surface area contributed by atoms with Gasteiger partial charge in [0.25, 0.3) is 0 Å². The zero-order valence-electron chi connectivity index (χ0n) is 11.7. The van der Waals surface area contributed by atoms with Crippen molar-refractivity contribution in [3.63, 3.8) is 0 Å². The Morgan fingerprint density at radius 3 is 2.26 bits per heavy atom. The molecule has 1 spiro atoms. The second-order valence-electron chi connectivity index (χ2n) is 5.78. The molecule has 1 aromatic carbocycles. The van der Waals surface area contributed by atoms with Crippen LogP contribution in [-0.2, 0) is 9.53 Å². The SMILES string of the molecule is CC1=C(c2ccc(C)cc2)C(=O)C2(CCCCC2)O1. The molecule has 0 saturated heterocycles. The van der Waals surface area contributed by atoms with Crippen molar-refractivity contribution in [2.24, 2.45) is 0 Å². The maximum Gasteiger partial charge on any atom is 0.210 e. The fourth-order valence-electron chi connectivity index (χ4n) is 3.28. The Morgan fingerprint density at radius 1 is 1.00 bits per heavy atom. The molecule has 1 saturated carbocycles. The highest BCUT2D eigenvalue weighted by Gasteiger charge is 2.48. The Morgan fingerprint density at radius 2 is 1.63 bits per heavy atom. The molecule has 0 aromatic heterocycles. The third-order valence-electron chi connectivity index (χ3n) is 4.34. The molecule has 0 amide bonds. The molecule has 1 aliphatic heterocycles. The molecule has 0 unspecified atom stereocenters. The van der Waals surface area contributed by atoms with E-state index >= 15 is 0 Å². The van der Waals surface area contributed by atoms with Gasteiger partial charge in [-0.3, -0.25) is 4.79 Å². The van der Waals surface area contributed by atoms with Crippen molar-refractivity contribution < 1.29 is 9.53 Å². The normalized spacial score (nSPS) is 21.9. The number of ketones is 1. The van der Waals surface area contributed by atoms with Gasteiger partial charge in [0.2, 0.25) is 5.78 Å². The lowest BCUT2D eigenvalue weighted by atomic mass is 9.79. The molecule has 1 fully saturated rings. The summed E-state index contributed by atoms with van der Waals surface area (Å²) in [7, 11) is 0. The van der Waals surface area contributed by atoms with Crippen LogP contribution in [0.2, 0.25) is 0 Å². The molecule has 19 heavy (non-hydrogen) atoms. The largest absolute Gasteiger partial charge is 0.483 e. The zero-order chi connectivity index (χ0) is 13.5. The van der Waals surface area contributed by atoms with E-state index in [2.05, 4.69) is 19.1 Å². The molecule has 100 valence electrons. The number of allylic oxidation sites excluding steroid dienone is 1. The number of carbonyl (C=O) groups excluding carboxylic acids is 1. The number of ether oxygens (including phenoxy) is 1. The summed E-state index contributed by atoms with van der Waals surface area (Å²) in [6.45, 7) is 3.98. The van der Waals surface area contributed by atoms with Gasteiger partial charge in [-0.15, -0.1) is 0 Å². The number of benzene rings is 1. The maximum absolute atomic E-state index is 12.8. The van der Waals surface area contributed by atoms with Crippen LogP contribution in [0.5, 0.6) is 0 Å². The molecule has 1 aromatic rings. The van der Waals surface area contributed by atoms with Crippen LogP contribution in [0.4, 0.5) is 0 Å². The molecule has 0 atom stereocenters. The first-order valence-corrected chi connectivity index (χ1v) is 7.14. The molecule has 0 bridgehead atoms. The quantitative estimate of drug-likeness (QED) is 0.758. The van der Waals surface area contributed by atoms with Crippen molar-refractivity contribution in [1.29, 1.82) is 0 Å². The van der Waals surface area contributed by atoms with E-state index in [0.717, 1.165) is 42.6 Å². The van der Waals surface area contributed by atoms with Gasteiger partial charge in [0.05, 0.1) is 5.57 Å². The standard InChI is InChI=1S/C17H20O2/c1-12-6-8-14(9-7-12)15-13(2)19-17(16(15)18)10-4-3-5-11-17/h6-9H,3-5,10-11H2,1-2H3. The van der Waals surface area contributed by atoms with Crippen LogP contribution < -0.4 is 0 Å². The highest BCUT2D eigenvalue weighted by atomic mass is 16.5. The molecular formula is C17H20O2. The Balaban J connectivity index is 1.96. The molecule has 1 heterocycles. The van der Waals surface area contributed by atoms with Gasteiger partial charge in [-0.1, -0.05) is 36.2 Å². The van der Waals surface area contributed by atoms with Gasteiger partial charge >= 0.3 is 0 Å². The van der Waals surface area contributed by atoms with Crippen LogP contribution in [0.1, 0.15) is 50.2 Å². The predicted molar refractivity (Wildman–Crippen MR) is 75.7 cm³/mol. The van der Waals surface area contributed by atoms with Gasteiger partial charge in [0, 0.05) is 0 Å². The Bertz CT molecular complexity index is 531. The summed E-state index contributed by atoms with van der Waals surface area (Å²) < 4.78 is 6.03. The average molecular weight is 256 g/mol. The third kappa shape index (κ3) is 1.99. The van der Waals surface area contributed by atoms with Gasteiger partial charge in [-0.05, 0) is 45.1 Å². The minimum atomic E-state index is -0.539. The first kappa shape index (κ1) is 12.5. The van der Waals surface area contributed by atoms with E-state index in [4.69, 9.17) is 4.74 Å². The van der Waals surface area contributed by atoms with Crippen LogP contribution in [0, 0.1) is 6.92 Å². The van der Waals surface area contributed by atoms with Crippen molar-refractivity contribution in [2.45, 2.75) is 51.6 Å². The van der Waals surface area contributed by atoms with Crippen LogP contribution in [0.15, 0.2) is 30.0 Å². The fraction of sp³-hybridized carbons (Fsp3) is 0.471. The number of hydrogen-bond acceptors (Lipinski definition) is 2. The minimum absolute atomic E-state index is 0.202. The van der Waals surface area contributed by atoms with Crippen molar-refractivity contribution in [3.05, 3.63) is 41.2 Å². The number of carbonyl (C=O) groups is 1. The average Bonchev–Trinajstić information content (AvgIpc) is 2.64. The summed E-state index contributed by atoms with van der Waals surface area (Å²) in [5, 5.41) is 0. The van der Waals surface area contributed by atoms with Crippen molar-refractivity contribution in [2.75, 3.05) is 0 Å². The topological polar surface area (TPSA) is 26.3 Å². The van der Waals surface area contributed by atoms with Gasteiger partial charge in [0.15, 0.2) is 5.60 Å². The van der Waals surface area contributed by atoms with E-state index < -0.39 is 5.60 Å². The molecule has 3 rings (SSSR count). The minimum Gasteiger partial charge on any atom is -0.483 e. The maximum atomic E-state index is 12.8. The summed E-state index contributed by atoms with van der Waals surface area (Å²) in [6.07, 6.45) is 5.16. The number of rotatable bonds is 1. The summed E-state index contributed by atoms with van der Waals surface area (Å²) in [4.78, 5) is 12.8. The number of Topliss-reactive ketones (excluding diaryl/α,β-unsaturated/α-hetero) is 1. The molecule has 2 aliphatic rings. The molecular weight excluding hydrogens is 236 g/mol. The lowest BCUT2D eigenvalue weighted by Gasteiger charge is -2.31. The second kappa shape index (κ2) is 4.52. The van der Waals surface area contributed by atoms with Crippen molar-refractivity contribution in [1.82, 2.24) is 0 Å². The van der Waals surface area contributed by atoms with Crippen LogP contribution in [-0.4, -0.2) is 11.4 Å². The Hall–Kier alpha value is -1.57. The highest BCUT2D eigenvalue weighted by molar-refractivity contribution is 6.26. The molecule has 2 heteroatoms. The Labute approximate surface area is 114 Å². The van der Waals surface area contributed by atoms with Crippen LogP contribution in [0.3, 0.4) is 0 Å². The summed E-state index contributed by atoms with van der Waals surface area (Å²) in [6, 6.07) is 8.15. The number of aryl methyl sites for hydroxylation is 1. The Kier molecular flexibility index (Phi) is 2.96. The molecule has 1 aliphatic carbocycles. The van der Waals surface area contributed by atoms with E-state index in [1.54, 1.807) is 0 Å². The monoisotopic (exact) mass is 256 g/mol. The van der Waals surface area contributed by atoms with E-state index in [9.17, 15) is 4.79 Å². The van der Waals surface area contributed by atoms with E-state index in [1.165, 1.54) is 12.0 Å². The van der Waals surface area contributed by atoms with Crippen molar-refractivity contribution in [3.8, 4) is 0 Å². The number of hydrogen-bond donors (Lipinski definition) is 0. The molecule has 2 nitrogen and oxygen atoms in total. The predicted octanol–water partition coefficient (Wildman–Crippen LogP) is 4.03. The van der Waals surface area contributed by atoms with Gasteiger partial charge < -0.3 is 4.74 Å². The van der Waals surface area contributed by atoms with Crippen LogP contribution >= 0.6 is 0 Å². The van der Waals surface area contributed by atoms with Crippen LogP contribution in [0.25, 0.3) is 5.57 Å². The van der Waals surface area contributed by atoms with E-state index in [1.807, 2.05) is 19.1 Å². The smallest absolute Gasteiger partial charge is 0.210 e. The summed E-state index contributed by atoms with van der Waals surface area (Å²) in [5.41, 5.74) is 2.46. The highest BCUT2D eigenvalue weighted by Crippen LogP contribution is 2.44. The second-order valence-corrected chi connectivity index (χ2v) is 5.78. The molecule has 0 N–H and O–H groups in total. The van der Waals surface area contributed by atoms with Crippen molar-refractivity contribution >= 4 is 11.4 Å². The van der Waals surface area contributed by atoms with Gasteiger partial charge in [0.1, 0.15) is 5.76 Å². The van der Waals surface area contributed by atoms with E-state index in [-0.39, 0.29) is 5.78 Å². The zero-order valence-corrected chi connectivity index (χ0v) is 11.7. The lowest BCUT2D eigenvalue weighted by Crippen LogP contribution is -2.39. The lowest BCUT2D eigenvalue weighted by molar-refractivity contribution is -0.132. The van der Waals surface area contributed by atoms with Gasteiger partial charge in [-0.2, -0.15) is 0 Å². The first-order chi connectivity index (χ1) is 9.12. The first-order valence-electron chi connectivity index (χ1n) is 7.14. The van der Waals surface area contributed by atoms with E-state index in [0.29, 0.717) is 0 Å². The summed E-state index contributed by atoms with van der Waals surface area (Å²) in [5.74, 6) is 1.00.